The van der Waals surface area contributed by atoms with Gasteiger partial charge in [-0.15, -0.1) is 0 Å². The highest BCUT2D eigenvalue weighted by Crippen LogP contribution is 2.77. The van der Waals surface area contributed by atoms with Gasteiger partial charge in [0.15, 0.2) is 0 Å². The zero-order valence-corrected chi connectivity index (χ0v) is 28.2. The molecular formula is C36H60O8. The molecule has 0 aromatic heterocycles. The second-order valence-electron chi connectivity index (χ2n) is 18.3. The molecule has 8 nitrogen and oxygen atoms in total. The number of carbonyl (C=O) groups excluding carboxylic acids is 1. The molecule has 5 aliphatic carbocycles. The van der Waals surface area contributed by atoms with Crippen molar-refractivity contribution in [2.24, 2.45) is 56.2 Å². The van der Waals surface area contributed by atoms with Crippen molar-refractivity contribution < 1.29 is 39.8 Å². The molecule has 1 saturated heterocycles. The maximum atomic E-state index is 14.4. The Labute approximate surface area is 264 Å². The number of ether oxygens (including phenoxy) is 2. The Morgan fingerprint density at radius 2 is 1.41 bits per heavy atom. The number of fused-ring (bicyclic) bond motifs is 7. The van der Waals surface area contributed by atoms with Crippen LogP contribution in [0.2, 0.25) is 0 Å². The lowest BCUT2D eigenvalue weighted by Crippen LogP contribution is -2.68. The van der Waals surface area contributed by atoms with Crippen molar-refractivity contribution in [3.8, 4) is 0 Å². The average molecular weight is 621 g/mol. The number of aliphatic hydroxyl groups is 5. The number of rotatable bonds is 3. The SMILES string of the molecule is CC1(C)CC[C@]2(C(=O)O[C@@H]3O[C@H](CO)[C@H](O)[C@H](O)[C@H]3O)CC[C@]3(C)C(CC[C@@H]4[C@@]5(C)CC[C@H](O)C(C)(C)[C@@H]5CC[C@]43C)[C@@H]2C1. The van der Waals surface area contributed by atoms with Crippen LogP contribution in [0.1, 0.15) is 119 Å². The summed E-state index contributed by atoms with van der Waals surface area (Å²) in [6.07, 6.45) is 3.24. The average Bonchev–Trinajstić information content (AvgIpc) is 2.95. The van der Waals surface area contributed by atoms with Crippen LogP contribution in [0.4, 0.5) is 0 Å². The van der Waals surface area contributed by atoms with Crippen molar-refractivity contribution in [2.75, 3.05) is 6.61 Å². The lowest BCUT2D eigenvalue weighted by Gasteiger charge is -2.73. The first kappa shape index (κ1) is 33.1. The summed E-state index contributed by atoms with van der Waals surface area (Å²) < 4.78 is 11.6. The summed E-state index contributed by atoms with van der Waals surface area (Å²) in [5, 5.41) is 52.1. The van der Waals surface area contributed by atoms with E-state index in [1.54, 1.807) is 0 Å². The molecule has 0 aromatic carbocycles. The Hall–Kier alpha value is -0.770. The van der Waals surface area contributed by atoms with Crippen molar-refractivity contribution in [1.29, 1.82) is 0 Å². The zero-order chi connectivity index (χ0) is 32.3. The quantitative estimate of drug-likeness (QED) is 0.290. The molecule has 1 aliphatic heterocycles. The van der Waals surface area contributed by atoms with Crippen molar-refractivity contribution in [2.45, 2.75) is 156 Å². The molecule has 1 unspecified atom stereocenters. The van der Waals surface area contributed by atoms with E-state index in [2.05, 4.69) is 48.5 Å². The van der Waals surface area contributed by atoms with Gasteiger partial charge in [-0.25, -0.2) is 0 Å². The number of carbonyl (C=O) groups is 1. The number of hydrogen-bond acceptors (Lipinski definition) is 8. The summed E-state index contributed by atoms with van der Waals surface area (Å²) in [7, 11) is 0. The van der Waals surface area contributed by atoms with Gasteiger partial charge in [-0.1, -0.05) is 48.5 Å². The molecule has 1 heterocycles. The Morgan fingerprint density at radius 1 is 0.727 bits per heavy atom. The van der Waals surface area contributed by atoms with E-state index in [0.29, 0.717) is 17.8 Å². The van der Waals surface area contributed by atoms with E-state index in [1.165, 1.54) is 0 Å². The summed E-state index contributed by atoms with van der Waals surface area (Å²) in [6, 6.07) is 0. The van der Waals surface area contributed by atoms with E-state index in [4.69, 9.17) is 9.47 Å². The van der Waals surface area contributed by atoms with E-state index >= 15 is 0 Å². The van der Waals surface area contributed by atoms with E-state index < -0.39 is 42.7 Å². The van der Waals surface area contributed by atoms with Gasteiger partial charge in [0.2, 0.25) is 6.29 Å². The zero-order valence-electron chi connectivity index (χ0n) is 28.2. The lowest BCUT2D eigenvalue weighted by atomic mass is 9.31. The Morgan fingerprint density at radius 3 is 2.09 bits per heavy atom. The summed E-state index contributed by atoms with van der Waals surface area (Å²) in [4.78, 5) is 14.4. The molecule has 0 amide bonds. The Balaban J connectivity index is 1.32. The first-order valence-corrected chi connectivity index (χ1v) is 17.6. The molecule has 6 rings (SSSR count). The second kappa shape index (κ2) is 10.6. The molecule has 8 heteroatoms. The van der Waals surface area contributed by atoms with Crippen LogP contribution in [0, 0.1) is 56.2 Å². The van der Waals surface area contributed by atoms with Crippen molar-refractivity contribution >= 4 is 5.97 Å². The van der Waals surface area contributed by atoms with Gasteiger partial charge in [0.1, 0.15) is 24.4 Å². The van der Waals surface area contributed by atoms with Gasteiger partial charge in [-0.2, -0.15) is 0 Å². The predicted octanol–water partition coefficient (Wildman–Crippen LogP) is 4.57. The smallest absolute Gasteiger partial charge is 0.314 e. The summed E-state index contributed by atoms with van der Waals surface area (Å²) in [5.74, 6) is 1.21. The van der Waals surface area contributed by atoms with Gasteiger partial charge in [0.05, 0.1) is 18.1 Å². The van der Waals surface area contributed by atoms with Crippen LogP contribution in [-0.4, -0.2) is 74.9 Å². The van der Waals surface area contributed by atoms with Crippen molar-refractivity contribution in [3.05, 3.63) is 0 Å². The highest BCUT2D eigenvalue weighted by molar-refractivity contribution is 5.78. The third-order valence-corrected chi connectivity index (χ3v) is 15.7. The molecule has 6 fully saturated rings. The van der Waals surface area contributed by atoms with Gasteiger partial charge in [0.25, 0.3) is 0 Å². The minimum Gasteiger partial charge on any atom is -0.432 e. The predicted molar refractivity (Wildman–Crippen MR) is 165 cm³/mol. The van der Waals surface area contributed by atoms with E-state index in [-0.39, 0.29) is 45.1 Å². The van der Waals surface area contributed by atoms with Crippen molar-refractivity contribution in [1.82, 2.24) is 0 Å². The molecule has 14 atom stereocenters. The lowest BCUT2D eigenvalue weighted by molar-refractivity contribution is -0.301. The van der Waals surface area contributed by atoms with Crippen LogP contribution in [-0.2, 0) is 14.3 Å². The third-order valence-electron chi connectivity index (χ3n) is 15.7. The summed E-state index contributed by atoms with van der Waals surface area (Å²) in [6.45, 7) is 16.3. The third kappa shape index (κ3) is 4.47. The minimum atomic E-state index is -1.59. The van der Waals surface area contributed by atoms with Gasteiger partial charge in [-0.05, 0) is 121 Å². The molecule has 0 radical (unpaired) electrons. The fourth-order valence-corrected chi connectivity index (χ4v) is 12.8. The fourth-order valence-electron chi connectivity index (χ4n) is 12.8. The van der Waals surface area contributed by atoms with E-state index in [9.17, 15) is 30.3 Å². The first-order chi connectivity index (χ1) is 20.4. The van der Waals surface area contributed by atoms with Crippen LogP contribution in [0.15, 0.2) is 0 Å². The van der Waals surface area contributed by atoms with Crippen LogP contribution in [0.25, 0.3) is 0 Å². The monoisotopic (exact) mass is 620 g/mol. The molecular weight excluding hydrogens is 560 g/mol. The van der Waals surface area contributed by atoms with Crippen LogP contribution < -0.4 is 0 Å². The number of aliphatic hydroxyl groups excluding tert-OH is 5. The van der Waals surface area contributed by atoms with Gasteiger partial charge in [-0.3, -0.25) is 4.79 Å². The Kier molecular flexibility index (Phi) is 8.00. The molecule has 252 valence electrons. The number of hydrogen-bond donors (Lipinski definition) is 5. The normalized spacial score (nSPS) is 54.6. The largest absolute Gasteiger partial charge is 0.432 e. The first-order valence-electron chi connectivity index (χ1n) is 17.6. The van der Waals surface area contributed by atoms with E-state index in [0.717, 1.165) is 70.6 Å². The van der Waals surface area contributed by atoms with Crippen LogP contribution >= 0.6 is 0 Å². The molecule has 0 spiro atoms. The fraction of sp³-hybridized carbons (Fsp3) is 0.972. The van der Waals surface area contributed by atoms with Crippen molar-refractivity contribution in [3.63, 3.8) is 0 Å². The standard InChI is InChI=1S/C36H60O8/c1-31(2)14-16-36(30(42)44-29-28(41)27(40)26(39)22(19-37)43-29)17-15-34(6)20(21(36)18-31)8-9-24-33(5)12-11-25(38)32(3,4)23(33)10-13-35(24,34)7/h20-29,37-41H,8-19H2,1-7H3/t20?,21-,22+,23-,24+,25-,26-,27-,28+,29-,33-,34+,35+,36-/m0/s1. The summed E-state index contributed by atoms with van der Waals surface area (Å²) >= 11 is 0. The van der Waals surface area contributed by atoms with Crippen LogP contribution in [0.5, 0.6) is 0 Å². The number of esters is 1. The second-order valence-corrected chi connectivity index (χ2v) is 18.3. The van der Waals surface area contributed by atoms with Gasteiger partial charge in [0, 0.05) is 0 Å². The van der Waals surface area contributed by atoms with E-state index in [1.807, 2.05) is 0 Å². The molecule has 0 aromatic rings. The van der Waals surface area contributed by atoms with Gasteiger partial charge >= 0.3 is 5.97 Å². The molecule has 5 saturated carbocycles. The highest BCUT2D eigenvalue weighted by atomic mass is 16.7. The summed E-state index contributed by atoms with van der Waals surface area (Å²) in [5.41, 5.74) is -0.300. The highest BCUT2D eigenvalue weighted by Gasteiger charge is 2.71. The molecule has 44 heavy (non-hydrogen) atoms. The topological polar surface area (TPSA) is 137 Å². The molecule has 6 aliphatic rings. The molecule has 5 N–H and O–H groups in total. The Bertz CT molecular complexity index is 1120. The van der Waals surface area contributed by atoms with Crippen LogP contribution in [0.3, 0.4) is 0 Å². The maximum Gasteiger partial charge on any atom is 0.314 e. The van der Waals surface area contributed by atoms with Gasteiger partial charge < -0.3 is 35.0 Å². The maximum absolute atomic E-state index is 14.4. The minimum absolute atomic E-state index is 0.0646. The molecule has 0 bridgehead atoms.